The maximum absolute atomic E-state index is 4.69. The Kier molecular flexibility index (Phi) is 4.54. The fraction of sp³-hybridized carbons (Fsp3) is 0.562. The van der Waals surface area contributed by atoms with Crippen LogP contribution < -0.4 is 0 Å². The van der Waals surface area contributed by atoms with Crippen LogP contribution in [-0.4, -0.2) is 37.8 Å². The Hall–Kier alpha value is -1.15. The Morgan fingerprint density at radius 2 is 1.94 bits per heavy atom. The van der Waals surface area contributed by atoms with Crippen molar-refractivity contribution >= 4 is 5.71 Å². The summed E-state index contributed by atoms with van der Waals surface area (Å²) in [5.74, 6) is 0.758. The van der Waals surface area contributed by atoms with Gasteiger partial charge >= 0.3 is 0 Å². The second-order valence-corrected chi connectivity index (χ2v) is 5.68. The molecule has 2 heteroatoms. The minimum absolute atomic E-state index is 0.758. The number of benzene rings is 1. The van der Waals surface area contributed by atoms with E-state index in [1.54, 1.807) is 0 Å². The number of aliphatic imine (C=N–C) groups is 1. The summed E-state index contributed by atoms with van der Waals surface area (Å²) in [6.07, 6.45) is 3.54. The summed E-state index contributed by atoms with van der Waals surface area (Å²) in [6, 6.07) is 8.97. The van der Waals surface area contributed by atoms with Crippen molar-refractivity contribution in [3.63, 3.8) is 0 Å². The van der Waals surface area contributed by atoms with Gasteiger partial charge in [-0.3, -0.25) is 4.99 Å². The van der Waals surface area contributed by atoms with E-state index in [0.717, 1.165) is 31.8 Å². The van der Waals surface area contributed by atoms with E-state index >= 15 is 0 Å². The lowest BCUT2D eigenvalue weighted by atomic mass is 9.95. The van der Waals surface area contributed by atoms with Crippen molar-refractivity contribution in [1.29, 1.82) is 0 Å². The minimum Gasteiger partial charge on any atom is -0.309 e. The molecule has 1 aromatic rings. The molecule has 1 unspecified atom stereocenters. The lowest BCUT2D eigenvalue weighted by molar-refractivity contribution is 0.413. The molecule has 0 fully saturated rings. The Bertz CT molecular complexity index is 404. The molecule has 1 aliphatic rings. The first-order valence-electron chi connectivity index (χ1n) is 6.92. The van der Waals surface area contributed by atoms with Gasteiger partial charge in [-0.2, -0.15) is 0 Å². The van der Waals surface area contributed by atoms with Crippen molar-refractivity contribution in [3.8, 4) is 0 Å². The summed E-state index contributed by atoms with van der Waals surface area (Å²) < 4.78 is 0. The second-order valence-electron chi connectivity index (χ2n) is 5.68. The highest BCUT2D eigenvalue weighted by Crippen LogP contribution is 2.18. The molecule has 0 aliphatic carbocycles. The molecule has 1 heterocycles. The highest BCUT2D eigenvalue weighted by molar-refractivity contribution is 6.00. The van der Waals surface area contributed by atoms with Gasteiger partial charge in [-0.1, -0.05) is 31.2 Å². The van der Waals surface area contributed by atoms with Gasteiger partial charge < -0.3 is 4.90 Å². The zero-order valence-corrected chi connectivity index (χ0v) is 11.8. The first-order valence-corrected chi connectivity index (χ1v) is 6.92. The molecular weight excluding hydrogens is 220 g/mol. The van der Waals surface area contributed by atoms with Gasteiger partial charge in [0.25, 0.3) is 0 Å². The van der Waals surface area contributed by atoms with Crippen LogP contribution in [0.4, 0.5) is 0 Å². The summed E-state index contributed by atoms with van der Waals surface area (Å²) in [5.41, 5.74) is 4.03. The van der Waals surface area contributed by atoms with Gasteiger partial charge in [0.05, 0.1) is 0 Å². The molecule has 0 radical (unpaired) electrons. The molecule has 2 rings (SSSR count). The highest BCUT2D eigenvalue weighted by Gasteiger charge is 2.12. The standard InChI is InChI=1S/C16H24N2/c1-13-4-9-16(17-12-13)15-7-5-14(6-8-15)10-11-18(2)3/h5-8,13H,4,9-12H2,1-3H3. The van der Waals surface area contributed by atoms with Gasteiger partial charge in [0, 0.05) is 18.8 Å². The number of rotatable bonds is 4. The predicted molar refractivity (Wildman–Crippen MR) is 78.5 cm³/mol. The van der Waals surface area contributed by atoms with E-state index in [4.69, 9.17) is 4.99 Å². The third-order valence-corrected chi connectivity index (χ3v) is 3.60. The molecule has 0 aromatic heterocycles. The minimum atomic E-state index is 0.758. The summed E-state index contributed by atoms with van der Waals surface area (Å²) in [4.78, 5) is 6.92. The van der Waals surface area contributed by atoms with E-state index in [9.17, 15) is 0 Å². The molecule has 1 aromatic carbocycles. The van der Waals surface area contributed by atoms with Gasteiger partial charge in [-0.25, -0.2) is 0 Å². The average molecular weight is 244 g/mol. The number of hydrogen-bond donors (Lipinski definition) is 0. The third kappa shape index (κ3) is 3.67. The predicted octanol–water partition coefficient (Wildman–Crippen LogP) is 3.01. The monoisotopic (exact) mass is 244 g/mol. The van der Waals surface area contributed by atoms with Crippen LogP contribution >= 0.6 is 0 Å². The van der Waals surface area contributed by atoms with Gasteiger partial charge in [-0.05, 0) is 50.4 Å². The molecule has 0 saturated carbocycles. The van der Waals surface area contributed by atoms with Gasteiger partial charge in [-0.15, -0.1) is 0 Å². The lowest BCUT2D eigenvalue weighted by Gasteiger charge is -2.17. The molecule has 98 valence electrons. The van der Waals surface area contributed by atoms with Crippen LogP contribution in [0.1, 0.15) is 30.9 Å². The molecule has 1 aliphatic heterocycles. The molecule has 0 amide bonds. The van der Waals surface area contributed by atoms with E-state index in [2.05, 4.69) is 50.2 Å². The summed E-state index contributed by atoms with van der Waals surface area (Å²) in [6.45, 7) is 4.39. The number of nitrogens with zero attached hydrogens (tertiary/aromatic N) is 2. The van der Waals surface area contributed by atoms with Crippen LogP contribution in [0.3, 0.4) is 0 Å². The molecule has 1 atom stereocenters. The van der Waals surface area contributed by atoms with E-state index in [1.807, 2.05) is 0 Å². The Balaban J connectivity index is 1.99. The van der Waals surface area contributed by atoms with Gasteiger partial charge in [0.15, 0.2) is 0 Å². The summed E-state index contributed by atoms with van der Waals surface area (Å²) in [7, 11) is 4.23. The topological polar surface area (TPSA) is 15.6 Å². The smallest absolute Gasteiger partial charge is 0.0420 e. The van der Waals surface area contributed by atoms with Crippen LogP contribution in [0.15, 0.2) is 29.3 Å². The Labute approximate surface area is 111 Å². The second kappa shape index (κ2) is 6.14. The highest BCUT2D eigenvalue weighted by atomic mass is 15.0. The van der Waals surface area contributed by atoms with Gasteiger partial charge in [0.1, 0.15) is 0 Å². The van der Waals surface area contributed by atoms with Crippen LogP contribution in [0.2, 0.25) is 0 Å². The summed E-state index contributed by atoms with van der Waals surface area (Å²) >= 11 is 0. The molecule has 18 heavy (non-hydrogen) atoms. The summed E-state index contributed by atoms with van der Waals surface area (Å²) in [5, 5.41) is 0. The van der Waals surface area contributed by atoms with E-state index in [-0.39, 0.29) is 0 Å². The zero-order chi connectivity index (χ0) is 13.0. The molecule has 0 saturated heterocycles. The number of likely N-dealkylation sites (N-methyl/N-ethyl adjacent to an activating group) is 1. The van der Waals surface area contributed by atoms with Crippen molar-refractivity contribution in [2.24, 2.45) is 10.9 Å². The van der Waals surface area contributed by atoms with Gasteiger partial charge in [0.2, 0.25) is 0 Å². The first-order chi connectivity index (χ1) is 8.65. The molecule has 0 spiro atoms. The van der Waals surface area contributed by atoms with Crippen LogP contribution in [0, 0.1) is 5.92 Å². The number of hydrogen-bond acceptors (Lipinski definition) is 2. The molecular formula is C16H24N2. The SMILES string of the molecule is CC1CCC(c2ccc(CCN(C)C)cc2)=NC1. The maximum Gasteiger partial charge on any atom is 0.0420 e. The Morgan fingerprint density at radius 3 is 2.50 bits per heavy atom. The van der Waals surface area contributed by atoms with E-state index in [1.165, 1.54) is 23.3 Å². The van der Waals surface area contributed by atoms with Crippen LogP contribution in [-0.2, 0) is 6.42 Å². The van der Waals surface area contributed by atoms with Crippen LogP contribution in [0.25, 0.3) is 0 Å². The average Bonchev–Trinajstić information content (AvgIpc) is 2.38. The molecule has 0 bridgehead atoms. The van der Waals surface area contributed by atoms with Crippen LogP contribution in [0.5, 0.6) is 0 Å². The van der Waals surface area contributed by atoms with Crippen molar-refractivity contribution in [2.75, 3.05) is 27.2 Å². The van der Waals surface area contributed by atoms with Crippen molar-refractivity contribution in [2.45, 2.75) is 26.2 Å². The maximum atomic E-state index is 4.69. The normalized spacial score (nSPS) is 20.0. The Morgan fingerprint density at radius 1 is 1.22 bits per heavy atom. The van der Waals surface area contributed by atoms with E-state index in [0.29, 0.717) is 0 Å². The molecule has 0 N–H and O–H groups in total. The quantitative estimate of drug-likeness (QED) is 0.795. The fourth-order valence-electron chi connectivity index (χ4n) is 2.27. The third-order valence-electron chi connectivity index (χ3n) is 3.60. The lowest BCUT2D eigenvalue weighted by Crippen LogP contribution is -2.15. The van der Waals surface area contributed by atoms with E-state index < -0.39 is 0 Å². The first kappa shape index (κ1) is 13.3. The molecule has 2 nitrogen and oxygen atoms in total. The largest absolute Gasteiger partial charge is 0.309 e. The fourth-order valence-corrected chi connectivity index (χ4v) is 2.27. The van der Waals surface area contributed by atoms with Crippen molar-refractivity contribution in [3.05, 3.63) is 35.4 Å². The van der Waals surface area contributed by atoms with Crippen molar-refractivity contribution < 1.29 is 0 Å². The zero-order valence-electron chi connectivity index (χ0n) is 11.8. The van der Waals surface area contributed by atoms with Crippen molar-refractivity contribution in [1.82, 2.24) is 4.90 Å².